The Kier molecular flexibility index (Phi) is 3.93. The Bertz CT molecular complexity index is 833. The maximum Gasteiger partial charge on any atom is 0.408 e. The Hall–Kier alpha value is -2.16. The van der Waals surface area contributed by atoms with Crippen molar-refractivity contribution < 1.29 is 18.7 Å². The van der Waals surface area contributed by atoms with Gasteiger partial charge in [0.2, 0.25) is 11.9 Å². The van der Waals surface area contributed by atoms with Crippen molar-refractivity contribution in [3.05, 3.63) is 23.3 Å². The normalized spacial score (nSPS) is 16.0. The predicted molar refractivity (Wildman–Crippen MR) is 86.0 cm³/mol. The molecule has 0 saturated heterocycles. The van der Waals surface area contributed by atoms with Gasteiger partial charge in [0.25, 0.3) is 0 Å². The zero-order valence-corrected chi connectivity index (χ0v) is 13.4. The van der Waals surface area contributed by atoms with Gasteiger partial charge < -0.3 is 10.6 Å². The van der Waals surface area contributed by atoms with E-state index < -0.39 is 25.0 Å². The third-order valence-corrected chi connectivity index (χ3v) is 2.74. The van der Waals surface area contributed by atoms with E-state index in [1.54, 1.807) is 19.2 Å². The average Bonchev–Trinajstić information content (AvgIpc) is 2.52. The highest BCUT2D eigenvalue weighted by Gasteiger charge is 2.36. The number of anilines is 2. The van der Waals surface area contributed by atoms with Gasteiger partial charge in [-0.2, -0.15) is 28.1 Å². The van der Waals surface area contributed by atoms with Gasteiger partial charge in [0, 0.05) is 10.2 Å². The van der Waals surface area contributed by atoms with Crippen LogP contribution in [0.2, 0.25) is 5.15 Å². The molecular formula is C14H16ClF3N6. The van der Waals surface area contributed by atoms with Crippen molar-refractivity contribution in [1.82, 2.24) is 19.9 Å². The van der Waals surface area contributed by atoms with Gasteiger partial charge in [-0.1, -0.05) is 17.7 Å². The molecule has 0 bridgehead atoms. The predicted octanol–water partition coefficient (Wildman–Crippen LogP) is 3.77. The van der Waals surface area contributed by atoms with E-state index in [2.05, 4.69) is 25.3 Å². The number of aromatic nitrogens is 4. The van der Waals surface area contributed by atoms with Crippen molar-refractivity contribution >= 4 is 23.5 Å². The fourth-order valence-corrected chi connectivity index (χ4v) is 1.71. The molecule has 0 fully saturated rings. The van der Waals surface area contributed by atoms with Crippen molar-refractivity contribution in [1.29, 1.82) is 0 Å². The number of alkyl halides is 3. The number of rotatable bonds is 5. The SMILES string of the molecule is [2H]c1ccc(Cl)nc1-c1nc(NC(C)C)nc(N[C@H](C([2H])([2H])[2H])C(F)(F)F)n1. The van der Waals surface area contributed by atoms with Crippen LogP contribution < -0.4 is 10.6 Å². The minimum atomic E-state index is -5.08. The van der Waals surface area contributed by atoms with E-state index in [1.165, 1.54) is 12.1 Å². The molecule has 2 aromatic heterocycles. The van der Waals surface area contributed by atoms with Gasteiger partial charge in [-0.05, 0) is 32.8 Å². The van der Waals surface area contributed by atoms with Crippen molar-refractivity contribution in [2.45, 2.75) is 39.0 Å². The first-order chi connectivity index (χ1) is 12.8. The van der Waals surface area contributed by atoms with E-state index in [0.29, 0.717) is 0 Å². The van der Waals surface area contributed by atoms with E-state index in [1.807, 2.05) is 0 Å². The van der Waals surface area contributed by atoms with Gasteiger partial charge in [-0.3, -0.25) is 0 Å². The molecule has 0 spiro atoms. The molecule has 0 aliphatic heterocycles. The van der Waals surface area contributed by atoms with Crippen LogP contribution in [0.5, 0.6) is 0 Å². The standard InChI is InChI=1S/C14H16ClF3N6/c1-7(2)19-12-22-11(9-5-4-6-10(15)21-9)23-13(24-12)20-8(3)14(16,17)18/h4-8H,1-3H3,(H2,19,20,22,23,24)/t8-/m1/s1/i3D3,5D. The van der Waals surface area contributed by atoms with Crippen LogP contribution in [0.15, 0.2) is 18.2 Å². The lowest BCUT2D eigenvalue weighted by Crippen LogP contribution is -2.34. The van der Waals surface area contributed by atoms with Crippen molar-refractivity contribution in [3.63, 3.8) is 0 Å². The molecule has 2 rings (SSSR count). The molecule has 24 heavy (non-hydrogen) atoms. The van der Waals surface area contributed by atoms with Gasteiger partial charge in [-0.15, -0.1) is 0 Å². The molecule has 0 unspecified atom stereocenters. The number of hydrogen-bond donors (Lipinski definition) is 2. The molecule has 2 aromatic rings. The molecular weight excluding hydrogens is 345 g/mol. The Labute approximate surface area is 147 Å². The lowest BCUT2D eigenvalue weighted by molar-refractivity contribution is -0.138. The summed E-state index contributed by atoms with van der Waals surface area (Å²) in [4.78, 5) is 15.6. The summed E-state index contributed by atoms with van der Waals surface area (Å²) in [6.07, 6.45) is -5.08. The molecule has 0 radical (unpaired) electrons. The Morgan fingerprint density at radius 2 is 1.83 bits per heavy atom. The summed E-state index contributed by atoms with van der Waals surface area (Å²) in [6.45, 7) is 0.0850. The second-order valence-electron chi connectivity index (χ2n) is 4.99. The Morgan fingerprint density at radius 1 is 1.17 bits per heavy atom. The molecule has 6 nitrogen and oxygen atoms in total. The molecule has 0 amide bonds. The summed E-state index contributed by atoms with van der Waals surface area (Å²) in [5, 5.41) is 4.62. The first-order valence-corrected chi connectivity index (χ1v) is 7.14. The third kappa shape index (κ3) is 4.92. The monoisotopic (exact) mass is 364 g/mol. The lowest BCUT2D eigenvalue weighted by Gasteiger charge is -2.18. The molecule has 0 aliphatic carbocycles. The van der Waals surface area contributed by atoms with Crippen LogP contribution in [0.3, 0.4) is 0 Å². The average molecular weight is 365 g/mol. The zero-order chi connectivity index (χ0) is 21.3. The van der Waals surface area contributed by atoms with Crippen LogP contribution in [0.1, 0.15) is 26.2 Å². The Morgan fingerprint density at radius 3 is 2.42 bits per heavy atom. The van der Waals surface area contributed by atoms with Crippen LogP contribution in [-0.2, 0) is 0 Å². The molecule has 0 aromatic carbocycles. The highest BCUT2D eigenvalue weighted by Crippen LogP contribution is 2.24. The van der Waals surface area contributed by atoms with Gasteiger partial charge in [0.1, 0.15) is 16.9 Å². The Balaban J connectivity index is 2.56. The summed E-state index contributed by atoms with van der Waals surface area (Å²) in [5.74, 6) is -0.984. The van der Waals surface area contributed by atoms with Gasteiger partial charge in [0.05, 0.1) is 1.37 Å². The van der Waals surface area contributed by atoms with Crippen molar-refractivity contribution in [2.24, 2.45) is 0 Å². The number of pyridine rings is 1. The molecule has 0 aliphatic rings. The molecule has 0 saturated carbocycles. The first kappa shape index (κ1) is 13.2. The number of nitrogens with zero attached hydrogens (tertiary/aromatic N) is 4. The highest BCUT2D eigenvalue weighted by molar-refractivity contribution is 6.29. The van der Waals surface area contributed by atoms with E-state index in [4.69, 9.17) is 17.1 Å². The van der Waals surface area contributed by atoms with Crippen LogP contribution >= 0.6 is 11.6 Å². The van der Waals surface area contributed by atoms with Gasteiger partial charge in [-0.25, -0.2) is 4.98 Å². The molecule has 2 N–H and O–H groups in total. The maximum absolute atomic E-state index is 13.2. The maximum atomic E-state index is 13.2. The number of hydrogen-bond acceptors (Lipinski definition) is 6. The van der Waals surface area contributed by atoms with E-state index >= 15 is 0 Å². The lowest BCUT2D eigenvalue weighted by atomic mass is 10.3. The third-order valence-electron chi connectivity index (χ3n) is 2.53. The molecule has 10 heteroatoms. The summed E-state index contributed by atoms with van der Waals surface area (Å²) >= 11 is 5.81. The fourth-order valence-electron chi connectivity index (χ4n) is 1.56. The van der Waals surface area contributed by atoms with E-state index in [9.17, 15) is 13.2 Å². The quantitative estimate of drug-likeness (QED) is 0.786. The van der Waals surface area contributed by atoms with Crippen LogP contribution in [-0.4, -0.2) is 38.2 Å². The van der Waals surface area contributed by atoms with Gasteiger partial charge in [0.15, 0.2) is 5.82 Å². The van der Waals surface area contributed by atoms with E-state index in [-0.39, 0.29) is 34.7 Å². The molecule has 2 heterocycles. The van der Waals surface area contributed by atoms with Crippen LogP contribution in [0.4, 0.5) is 25.1 Å². The second kappa shape index (κ2) is 7.16. The minimum Gasteiger partial charge on any atom is -0.352 e. The summed E-state index contributed by atoms with van der Waals surface area (Å²) in [5.41, 5.74) is -0.0952. The largest absolute Gasteiger partial charge is 0.408 e. The van der Waals surface area contributed by atoms with E-state index in [0.717, 1.165) is 0 Å². The van der Waals surface area contributed by atoms with Crippen LogP contribution in [0.25, 0.3) is 11.5 Å². The minimum absolute atomic E-state index is 0.0231. The van der Waals surface area contributed by atoms with Crippen molar-refractivity contribution in [3.8, 4) is 11.5 Å². The topological polar surface area (TPSA) is 75.6 Å². The zero-order valence-electron chi connectivity index (χ0n) is 16.6. The smallest absolute Gasteiger partial charge is 0.352 e. The highest BCUT2D eigenvalue weighted by atomic mass is 35.5. The van der Waals surface area contributed by atoms with Crippen LogP contribution in [0, 0.1) is 0 Å². The number of nitrogens with one attached hydrogen (secondary N) is 2. The number of halogens is 4. The van der Waals surface area contributed by atoms with Crippen molar-refractivity contribution in [2.75, 3.05) is 10.6 Å². The molecule has 130 valence electrons. The first-order valence-electron chi connectivity index (χ1n) is 8.76. The van der Waals surface area contributed by atoms with Gasteiger partial charge >= 0.3 is 6.18 Å². The summed E-state index contributed by atoms with van der Waals surface area (Å²) < 4.78 is 68.9. The molecule has 1 atom stereocenters. The summed E-state index contributed by atoms with van der Waals surface area (Å²) in [6, 6.07) is -0.537. The summed E-state index contributed by atoms with van der Waals surface area (Å²) in [7, 11) is 0. The fraction of sp³-hybridized carbons (Fsp3) is 0.429. The second-order valence-corrected chi connectivity index (χ2v) is 5.37.